The molecule has 2 saturated heterocycles. The van der Waals surface area contributed by atoms with Crippen molar-refractivity contribution < 1.29 is 14.3 Å². The maximum atomic E-state index is 12.9. The molecule has 30 heavy (non-hydrogen) atoms. The van der Waals surface area contributed by atoms with E-state index < -0.39 is 0 Å². The first-order valence-corrected chi connectivity index (χ1v) is 10.2. The number of anilines is 1. The lowest BCUT2D eigenvalue weighted by atomic mass is 10.0. The van der Waals surface area contributed by atoms with Gasteiger partial charge in [-0.05, 0) is 50.1 Å². The molecule has 158 valence electrons. The van der Waals surface area contributed by atoms with E-state index in [0.717, 1.165) is 16.9 Å². The van der Waals surface area contributed by atoms with E-state index in [2.05, 4.69) is 0 Å². The van der Waals surface area contributed by atoms with E-state index in [1.54, 1.807) is 21.4 Å². The predicted octanol–water partition coefficient (Wildman–Crippen LogP) is 1.95. The number of ether oxygens (including phenoxy) is 1. The van der Waals surface area contributed by atoms with Crippen molar-refractivity contribution in [1.82, 2.24) is 9.47 Å². The van der Waals surface area contributed by atoms with Gasteiger partial charge < -0.3 is 19.1 Å². The van der Waals surface area contributed by atoms with Gasteiger partial charge >= 0.3 is 0 Å². The molecule has 3 heterocycles. The minimum absolute atomic E-state index is 0.00492. The number of aromatic nitrogens is 1. The summed E-state index contributed by atoms with van der Waals surface area (Å²) in [5, 5.41) is 0. The van der Waals surface area contributed by atoms with E-state index in [4.69, 9.17) is 4.74 Å². The van der Waals surface area contributed by atoms with E-state index in [1.165, 1.54) is 11.6 Å². The van der Waals surface area contributed by atoms with Gasteiger partial charge in [0.25, 0.3) is 5.56 Å². The molecule has 0 bridgehead atoms. The summed E-state index contributed by atoms with van der Waals surface area (Å²) in [7, 11) is 1.72. The Kier molecular flexibility index (Phi) is 5.13. The van der Waals surface area contributed by atoms with Gasteiger partial charge in [-0.3, -0.25) is 14.4 Å². The molecular weight excluding hydrogens is 382 g/mol. The van der Waals surface area contributed by atoms with E-state index in [9.17, 15) is 14.4 Å². The minimum atomic E-state index is -0.327. The maximum Gasteiger partial charge on any atom is 0.254 e. The van der Waals surface area contributed by atoms with Gasteiger partial charge in [0.2, 0.25) is 11.8 Å². The summed E-state index contributed by atoms with van der Waals surface area (Å²) in [4.78, 5) is 40.7. The summed E-state index contributed by atoms with van der Waals surface area (Å²) in [6.07, 6.45) is 0.107. The SMILES string of the molecule is Cc1ccc(N2CC(C(=O)N3CC(Oc4cc(C)n(C)c(=O)c4)C3)CC2=O)cc1C. The highest BCUT2D eigenvalue weighted by molar-refractivity contribution is 6.00. The fourth-order valence-corrected chi connectivity index (χ4v) is 3.96. The van der Waals surface area contributed by atoms with Gasteiger partial charge in [-0.25, -0.2) is 0 Å². The van der Waals surface area contributed by atoms with E-state index in [-0.39, 0.29) is 35.8 Å². The Bertz CT molecular complexity index is 1070. The lowest BCUT2D eigenvalue weighted by Gasteiger charge is -2.40. The van der Waals surface area contributed by atoms with Crippen molar-refractivity contribution >= 4 is 17.5 Å². The van der Waals surface area contributed by atoms with Crippen molar-refractivity contribution in [2.45, 2.75) is 33.3 Å². The number of carbonyl (C=O) groups excluding carboxylic acids is 2. The molecule has 0 aliphatic carbocycles. The number of pyridine rings is 1. The van der Waals surface area contributed by atoms with Crippen LogP contribution in [0.5, 0.6) is 5.75 Å². The molecule has 7 heteroatoms. The van der Waals surface area contributed by atoms with Crippen LogP contribution in [0.4, 0.5) is 5.69 Å². The molecule has 0 radical (unpaired) electrons. The number of amides is 2. The van der Waals surface area contributed by atoms with Crippen LogP contribution in [0.15, 0.2) is 35.1 Å². The van der Waals surface area contributed by atoms with Crippen LogP contribution in [0.3, 0.4) is 0 Å². The van der Waals surface area contributed by atoms with Crippen molar-refractivity contribution in [3.63, 3.8) is 0 Å². The average Bonchev–Trinajstić information content (AvgIpc) is 3.05. The predicted molar refractivity (Wildman–Crippen MR) is 114 cm³/mol. The molecule has 2 amide bonds. The Morgan fingerprint density at radius 2 is 1.73 bits per heavy atom. The zero-order valence-corrected chi connectivity index (χ0v) is 17.8. The van der Waals surface area contributed by atoms with Crippen LogP contribution < -0.4 is 15.2 Å². The number of rotatable bonds is 4. The standard InChI is InChI=1S/C23H27N3O4/c1-14-5-6-18(7-15(14)2)26-11-17(9-22(26)28)23(29)25-12-20(13-25)30-19-8-16(3)24(4)21(27)10-19/h5-8,10,17,20H,9,11-13H2,1-4H3. The fraction of sp³-hybridized carbons (Fsp3) is 0.435. The van der Waals surface area contributed by atoms with Crippen molar-refractivity contribution in [3.05, 3.63) is 57.5 Å². The number of carbonyl (C=O) groups is 2. The maximum absolute atomic E-state index is 12.9. The number of nitrogens with zero attached hydrogens (tertiary/aromatic N) is 3. The Balaban J connectivity index is 1.34. The summed E-state index contributed by atoms with van der Waals surface area (Å²) in [5.41, 5.74) is 3.86. The van der Waals surface area contributed by atoms with Crippen molar-refractivity contribution in [3.8, 4) is 5.75 Å². The Labute approximate surface area is 175 Å². The smallest absolute Gasteiger partial charge is 0.254 e. The molecular formula is C23H27N3O4. The van der Waals surface area contributed by atoms with E-state index >= 15 is 0 Å². The summed E-state index contributed by atoms with van der Waals surface area (Å²) in [6.45, 7) is 7.27. The fourth-order valence-electron chi connectivity index (χ4n) is 3.96. The summed E-state index contributed by atoms with van der Waals surface area (Å²) >= 11 is 0. The second-order valence-electron chi connectivity index (χ2n) is 8.39. The Hall–Kier alpha value is -3.09. The van der Waals surface area contributed by atoms with E-state index in [0.29, 0.717) is 25.4 Å². The molecule has 0 saturated carbocycles. The first-order chi connectivity index (χ1) is 14.2. The van der Waals surface area contributed by atoms with Crippen LogP contribution in [-0.2, 0) is 16.6 Å². The number of aryl methyl sites for hydroxylation is 3. The topological polar surface area (TPSA) is 71.8 Å². The van der Waals surface area contributed by atoms with Gasteiger partial charge in [0.15, 0.2) is 0 Å². The van der Waals surface area contributed by atoms with Crippen LogP contribution >= 0.6 is 0 Å². The molecule has 1 aromatic carbocycles. The van der Waals surface area contributed by atoms with Crippen LogP contribution in [0.1, 0.15) is 23.2 Å². The number of likely N-dealkylation sites (tertiary alicyclic amines) is 1. The van der Waals surface area contributed by atoms with Crippen molar-refractivity contribution in [2.24, 2.45) is 13.0 Å². The Morgan fingerprint density at radius 3 is 2.40 bits per heavy atom. The quantitative estimate of drug-likeness (QED) is 0.774. The molecule has 4 rings (SSSR count). The molecule has 2 aliphatic heterocycles. The number of hydrogen-bond acceptors (Lipinski definition) is 4. The van der Waals surface area contributed by atoms with Crippen molar-refractivity contribution in [1.29, 1.82) is 0 Å². The zero-order chi connectivity index (χ0) is 21.6. The van der Waals surface area contributed by atoms with Gasteiger partial charge in [0.1, 0.15) is 11.9 Å². The van der Waals surface area contributed by atoms with Gasteiger partial charge in [0.05, 0.1) is 19.0 Å². The highest BCUT2D eigenvalue weighted by Gasteiger charge is 2.41. The summed E-state index contributed by atoms with van der Waals surface area (Å²) in [6, 6.07) is 9.23. The first-order valence-electron chi connectivity index (χ1n) is 10.2. The first kappa shape index (κ1) is 20.2. The third kappa shape index (κ3) is 3.72. The van der Waals surface area contributed by atoms with Gasteiger partial charge in [0, 0.05) is 37.5 Å². The van der Waals surface area contributed by atoms with Crippen LogP contribution in [0.25, 0.3) is 0 Å². The normalized spacial score (nSPS) is 19.2. The monoisotopic (exact) mass is 409 g/mol. The van der Waals surface area contributed by atoms with Crippen LogP contribution in [0.2, 0.25) is 0 Å². The van der Waals surface area contributed by atoms with Gasteiger partial charge in [-0.15, -0.1) is 0 Å². The van der Waals surface area contributed by atoms with Crippen LogP contribution in [0, 0.1) is 26.7 Å². The number of hydrogen-bond donors (Lipinski definition) is 0. The minimum Gasteiger partial charge on any atom is -0.486 e. The summed E-state index contributed by atoms with van der Waals surface area (Å²) in [5.74, 6) is 0.186. The molecule has 1 atom stereocenters. The molecule has 2 aromatic rings. The molecule has 7 nitrogen and oxygen atoms in total. The largest absolute Gasteiger partial charge is 0.486 e. The molecule has 1 aromatic heterocycles. The third-order valence-corrected chi connectivity index (χ3v) is 6.22. The highest BCUT2D eigenvalue weighted by atomic mass is 16.5. The Morgan fingerprint density at radius 1 is 1.00 bits per heavy atom. The third-order valence-electron chi connectivity index (χ3n) is 6.22. The van der Waals surface area contributed by atoms with Crippen molar-refractivity contribution in [2.75, 3.05) is 24.5 Å². The lowest BCUT2D eigenvalue weighted by Crippen LogP contribution is -2.57. The highest BCUT2D eigenvalue weighted by Crippen LogP contribution is 2.29. The molecule has 0 spiro atoms. The lowest BCUT2D eigenvalue weighted by molar-refractivity contribution is -0.144. The molecule has 2 fully saturated rings. The second kappa shape index (κ2) is 7.63. The number of benzene rings is 1. The molecule has 0 N–H and O–H groups in total. The van der Waals surface area contributed by atoms with E-state index in [1.807, 2.05) is 45.0 Å². The zero-order valence-electron chi connectivity index (χ0n) is 17.8. The van der Waals surface area contributed by atoms with Gasteiger partial charge in [-0.2, -0.15) is 0 Å². The second-order valence-corrected chi connectivity index (χ2v) is 8.39. The molecule has 2 aliphatic rings. The van der Waals surface area contributed by atoms with Gasteiger partial charge in [-0.1, -0.05) is 6.07 Å². The molecule has 1 unspecified atom stereocenters. The summed E-state index contributed by atoms with van der Waals surface area (Å²) < 4.78 is 7.42. The van der Waals surface area contributed by atoms with Crippen LogP contribution in [-0.4, -0.2) is 47.0 Å². The average molecular weight is 409 g/mol.